The molecule has 2 heteroatoms. The summed E-state index contributed by atoms with van der Waals surface area (Å²) in [6, 6.07) is 0. The summed E-state index contributed by atoms with van der Waals surface area (Å²) in [5.41, 5.74) is 0. The van der Waals surface area contributed by atoms with Gasteiger partial charge in [-0.15, -0.1) is 0 Å². The molecule has 74 valence electrons. The zero-order valence-electron chi connectivity index (χ0n) is 8.71. The van der Waals surface area contributed by atoms with E-state index in [1.165, 1.54) is 12.2 Å². The van der Waals surface area contributed by atoms with E-state index in [0.29, 0.717) is 11.8 Å². The molecule has 1 rings (SSSR count). The van der Waals surface area contributed by atoms with Gasteiger partial charge in [0.2, 0.25) is 0 Å². The second kappa shape index (κ2) is 3.59. The summed E-state index contributed by atoms with van der Waals surface area (Å²) < 4.78 is 0. The van der Waals surface area contributed by atoms with Gasteiger partial charge in [0.25, 0.3) is 0 Å². The Morgan fingerprint density at radius 1 is 1.42 bits per heavy atom. The second-order valence-electron chi connectivity index (χ2n) is 4.72. The van der Waals surface area contributed by atoms with Crippen molar-refractivity contribution < 1.29 is 5.11 Å². The third-order valence-corrected chi connectivity index (χ3v) is 5.67. The molecule has 1 N–H and O–H groups in total. The van der Waals surface area contributed by atoms with Crippen molar-refractivity contribution in [3.8, 4) is 0 Å². The van der Waals surface area contributed by atoms with Crippen LogP contribution in [0.4, 0.5) is 0 Å². The standard InChI is InChI=1S/C10H22OS/c1-5-8(2)9-6-12(3,4)7-10(9)11/h8-11H,5-7H2,1-4H3/t8?,9-,10+/m1/s1. The van der Waals surface area contributed by atoms with Gasteiger partial charge < -0.3 is 5.11 Å². The highest BCUT2D eigenvalue weighted by atomic mass is 32.3. The van der Waals surface area contributed by atoms with Gasteiger partial charge in [0.1, 0.15) is 0 Å². The first-order chi connectivity index (χ1) is 5.46. The molecule has 0 aliphatic carbocycles. The van der Waals surface area contributed by atoms with Crippen LogP contribution in [0.2, 0.25) is 0 Å². The molecule has 0 amide bonds. The molecule has 3 atom stereocenters. The summed E-state index contributed by atoms with van der Waals surface area (Å²) in [5.74, 6) is 3.64. The fourth-order valence-corrected chi connectivity index (χ4v) is 5.03. The van der Waals surface area contributed by atoms with Crippen molar-refractivity contribution in [2.45, 2.75) is 26.4 Å². The summed E-state index contributed by atoms with van der Waals surface area (Å²) in [7, 11) is -0.450. The minimum atomic E-state index is -0.450. The van der Waals surface area contributed by atoms with Crippen molar-refractivity contribution in [2.75, 3.05) is 24.0 Å². The molecule has 1 aliphatic rings. The summed E-state index contributed by atoms with van der Waals surface area (Å²) in [6.07, 6.45) is 5.89. The molecule has 1 heterocycles. The maximum Gasteiger partial charge on any atom is 0.0653 e. The van der Waals surface area contributed by atoms with Crippen LogP contribution in [0.3, 0.4) is 0 Å². The van der Waals surface area contributed by atoms with Crippen LogP contribution < -0.4 is 0 Å². The normalized spacial score (nSPS) is 39.4. The predicted molar refractivity (Wildman–Crippen MR) is 58.1 cm³/mol. The van der Waals surface area contributed by atoms with Gasteiger partial charge in [-0.05, 0) is 30.1 Å². The molecule has 0 bridgehead atoms. The van der Waals surface area contributed by atoms with E-state index in [-0.39, 0.29) is 6.10 Å². The molecule has 0 radical (unpaired) electrons. The minimum absolute atomic E-state index is 0.00931. The first kappa shape index (κ1) is 10.4. The van der Waals surface area contributed by atoms with E-state index in [4.69, 9.17) is 0 Å². The minimum Gasteiger partial charge on any atom is -0.392 e. The van der Waals surface area contributed by atoms with E-state index >= 15 is 0 Å². The lowest BCUT2D eigenvalue weighted by Gasteiger charge is -2.25. The van der Waals surface area contributed by atoms with E-state index in [2.05, 4.69) is 26.4 Å². The topological polar surface area (TPSA) is 20.2 Å². The Labute approximate surface area is 77.9 Å². The Bertz CT molecular complexity index is 156. The quantitative estimate of drug-likeness (QED) is 0.707. The molecule has 0 aromatic rings. The maximum absolute atomic E-state index is 9.85. The molecule has 1 unspecified atom stereocenters. The zero-order chi connectivity index (χ0) is 9.35. The van der Waals surface area contributed by atoms with E-state index in [0.717, 1.165) is 5.75 Å². The highest BCUT2D eigenvalue weighted by Gasteiger charge is 2.37. The highest BCUT2D eigenvalue weighted by molar-refractivity contribution is 8.32. The second-order valence-corrected chi connectivity index (χ2v) is 8.92. The van der Waals surface area contributed by atoms with Gasteiger partial charge in [-0.1, -0.05) is 20.3 Å². The molecule has 12 heavy (non-hydrogen) atoms. The van der Waals surface area contributed by atoms with Gasteiger partial charge in [0.05, 0.1) is 6.10 Å². The Morgan fingerprint density at radius 2 is 2.00 bits per heavy atom. The van der Waals surface area contributed by atoms with Crippen LogP contribution in [0, 0.1) is 11.8 Å². The SMILES string of the molecule is CCC(C)[C@H]1CS(C)(C)C[C@@H]1O. The average molecular weight is 190 g/mol. The summed E-state index contributed by atoms with van der Waals surface area (Å²) in [6.45, 7) is 4.49. The average Bonchev–Trinajstić information content (AvgIpc) is 2.23. The Balaban J connectivity index is 2.57. The number of rotatable bonds is 2. The monoisotopic (exact) mass is 190 g/mol. The first-order valence-electron chi connectivity index (χ1n) is 4.83. The van der Waals surface area contributed by atoms with Crippen LogP contribution in [-0.2, 0) is 0 Å². The number of hydrogen-bond acceptors (Lipinski definition) is 1. The molecule has 0 spiro atoms. The van der Waals surface area contributed by atoms with Crippen LogP contribution in [-0.4, -0.2) is 35.2 Å². The Hall–Kier alpha value is 0.310. The smallest absolute Gasteiger partial charge is 0.0653 e. The molecule has 0 saturated carbocycles. The van der Waals surface area contributed by atoms with Crippen LogP contribution in [0.5, 0.6) is 0 Å². The van der Waals surface area contributed by atoms with E-state index in [9.17, 15) is 5.11 Å². The van der Waals surface area contributed by atoms with E-state index < -0.39 is 10.0 Å². The predicted octanol–water partition coefficient (Wildman–Crippen LogP) is 2.09. The van der Waals surface area contributed by atoms with Crippen molar-refractivity contribution in [3.63, 3.8) is 0 Å². The van der Waals surface area contributed by atoms with Crippen LogP contribution >= 0.6 is 10.0 Å². The zero-order valence-corrected chi connectivity index (χ0v) is 9.53. The Kier molecular flexibility index (Phi) is 3.11. The van der Waals surface area contributed by atoms with Gasteiger partial charge in [-0.2, -0.15) is 0 Å². The molecular formula is C10H22OS. The maximum atomic E-state index is 9.85. The van der Waals surface area contributed by atoms with E-state index in [1.807, 2.05) is 0 Å². The van der Waals surface area contributed by atoms with Gasteiger partial charge in [-0.3, -0.25) is 0 Å². The van der Waals surface area contributed by atoms with Crippen LogP contribution in [0.1, 0.15) is 20.3 Å². The first-order valence-corrected chi connectivity index (χ1v) is 7.62. The fraction of sp³-hybridized carbons (Fsp3) is 1.00. The summed E-state index contributed by atoms with van der Waals surface area (Å²) in [4.78, 5) is 0. The molecule has 0 aromatic carbocycles. The van der Waals surface area contributed by atoms with Gasteiger partial charge in [-0.25, -0.2) is 10.0 Å². The van der Waals surface area contributed by atoms with Crippen molar-refractivity contribution in [1.29, 1.82) is 0 Å². The molecular weight excluding hydrogens is 168 g/mol. The summed E-state index contributed by atoms with van der Waals surface area (Å²) >= 11 is 0. The highest BCUT2D eigenvalue weighted by Crippen LogP contribution is 2.51. The molecule has 1 nitrogen and oxygen atoms in total. The Morgan fingerprint density at radius 3 is 2.33 bits per heavy atom. The molecule has 1 saturated heterocycles. The van der Waals surface area contributed by atoms with Crippen molar-refractivity contribution in [1.82, 2.24) is 0 Å². The number of aliphatic hydroxyl groups excluding tert-OH is 1. The largest absolute Gasteiger partial charge is 0.392 e. The summed E-state index contributed by atoms with van der Waals surface area (Å²) in [5, 5.41) is 9.85. The third kappa shape index (κ3) is 2.17. The lowest BCUT2D eigenvalue weighted by atomic mass is 9.90. The van der Waals surface area contributed by atoms with E-state index in [1.54, 1.807) is 0 Å². The fourth-order valence-electron chi connectivity index (χ4n) is 2.13. The number of hydrogen-bond donors (Lipinski definition) is 1. The van der Waals surface area contributed by atoms with Crippen LogP contribution in [0.25, 0.3) is 0 Å². The number of aliphatic hydroxyl groups is 1. The van der Waals surface area contributed by atoms with Crippen molar-refractivity contribution in [2.24, 2.45) is 11.8 Å². The van der Waals surface area contributed by atoms with Crippen molar-refractivity contribution >= 4 is 10.0 Å². The van der Waals surface area contributed by atoms with Gasteiger partial charge in [0.15, 0.2) is 0 Å². The van der Waals surface area contributed by atoms with Crippen molar-refractivity contribution in [3.05, 3.63) is 0 Å². The van der Waals surface area contributed by atoms with Crippen LogP contribution in [0.15, 0.2) is 0 Å². The lowest BCUT2D eigenvalue weighted by molar-refractivity contribution is 0.117. The lowest BCUT2D eigenvalue weighted by Crippen LogP contribution is -2.23. The third-order valence-electron chi connectivity index (χ3n) is 3.13. The molecule has 1 aliphatic heterocycles. The van der Waals surface area contributed by atoms with Gasteiger partial charge in [0, 0.05) is 5.75 Å². The van der Waals surface area contributed by atoms with Gasteiger partial charge >= 0.3 is 0 Å². The molecule has 1 fully saturated rings. The molecule has 0 aromatic heterocycles.